The SMILES string of the molecule is c1ccc(-c2ccc(-c3nc(-c4ccccc4)nc(-c4cccc(-n5c6ccccc6c6cc(-c7ccc8c(c7)oc7ccccc78)ccc65)c4)n3)cc2)cc1.c1ccc(-c2nc(-c3ccccc3)nc(-c3ccc(-n4c5ccccc5c5cc(-c6ccc7oc8ccccc8c7c6)ccc54)c4ccccc34)n2)cc1. The molecule has 0 amide bonds. The van der Waals surface area contributed by atoms with E-state index < -0.39 is 0 Å². The van der Waals surface area contributed by atoms with Crippen LogP contribution in [0.5, 0.6) is 0 Å². The van der Waals surface area contributed by atoms with Gasteiger partial charge < -0.3 is 18.0 Å². The van der Waals surface area contributed by atoms with Crippen LogP contribution in [0.4, 0.5) is 0 Å². The molecule has 0 atom stereocenters. The second-order valence-corrected chi connectivity index (χ2v) is 27.7. The van der Waals surface area contributed by atoms with Crippen LogP contribution in [0.25, 0.3) is 211 Å². The van der Waals surface area contributed by atoms with Crippen LogP contribution in [0.1, 0.15) is 0 Å². The van der Waals surface area contributed by atoms with Crippen LogP contribution in [-0.4, -0.2) is 39.0 Å². The summed E-state index contributed by atoms with van der Waals surface area (Å²) in [7, 11) is 0. The molecule has 6 aromatic heterocycles. The number of para-hydroxylation sites is 4. The monoisotopic (exact) mass is 1410 g/mol. The molecule has 22 aromatic rings. The van der Waals surface area contributed by atoms with Crippen molar-refractivity contribution in [2.75, 3.05) is 0 Å². The van der Waals surface area contributed by atoms with Crippen LogP contribution < -0.4 is 0 Å². The van der Waals surface area contributed by atoms with Crippen LogP contribution in [0.3, 0.4) is 0 Å². The van der Waals surface area contributed by atoms with E-state index in [0.29, 0.717) is 34.9 Å². The Labute approximate surface area is 631 Å². The van der Waals surface area contributed by atoms with Crippen LogP contribution in [0, 0.1) is 0 Å². The normalized spacial score (nSPS) is 11.6. The zero-order valence-corrected chi connectivity index (χ0v) is 59.2. The summed E-state index contributed by atoms with van der Waals surface area (Å²) in [5.41, 5.74) is 22.8. The summed E-state index contributed by atoms with van der Waals surface area (Å²) in [6.07, 6.45) is 0. The van der Waals surface area contributed by atoms with Gasteiger partial charge in [0.15, 0.2) is 34.9 Å². The molecule has 0 unspecified atom stereocenters. The van der Waals surface area contributed by atoms with Gasteiger partial charge in [0.25, 0.3) is 0 Å². The molecule has 10 nitrogen and oxygen atoms in total. The first-order chi connectivity index (χ1) is 54.5. The van der Waals surface area contributed by atoms with Crippen LogP contribution in [-0.2, 0) is 0 Å². The first-order valence-electron chi connectivity index (χ1n) is 36.9. The number of hydrogen-bond donors (Lipinski definition) is 0. The molecule has 0 aliphatic rings. The zero-order chi connectivity index (χ0) is 72.6. The summed E-state index contributed by atoms with van der Waals surface area (Å²) in [5, 5.41) is 11.5. The highest BCUT2D eigenvalue weighted by Gasteiger charge is 2.22. The van der Waals surface area contributed by atoms with Gasteiger partial charge in [-0.05, 0) is 136 Å². The van der Waals surface area contributed by atoms with Crippen molar-refractivity contribution in [2.45, 2.75) is 0 Å². The molecular weight excluding hydrogens is 1350 g/mol. The topological polar surface area (TPSA) is 113 Å². The molecule has 0 saturated carbocycles. The van der Waals surface area contributed by atoms with Gasteiger partial charge in [0, 0.05) is 87.5 Å². The average molecular weight is 1410 g/mol. The standard InChI is InChI=1S/C51H32N4O.C49H30N4O/c1-3-12-33(13-4-1)34-22-24-36(25-23-34)50-52-49(35-14-5-2-6-15-35)53-51(54-50)39-16-11-17-40(30-39)55-45-20-9-7-18-41(45)44-31-37(27-29-46(44)55)38-26-28-43-42-19-8-10-21-47(42)56-48(43)32-38;1-3-13-31(14-4-1)47-50-48(32-15-5-2-6-16-32)52-49(51-47)39-25-27-43(36-18-8-7-17-35(36)39)53-42-21-11-9-19-37(42)40-29-33(23-26-44(40)53)34-24-28-46-41(30-34)38-20-10-12-22-45(38)54-46/h1-32H;1-30H. The number of aromatic nitrogens is 8. The molecule has 0 aliphatic carbocycles. The molecule has 16 aromatic carbocycles. The summed E-state index contributed by atoms with van der Waals surface area (Å²) >= 11 is 0. The van der Waals surface area contributed by atoms with Crippen molar-refractivity contribution in [1.82, 2.24) is 39.0 Å². The van der Waals surface area contributed by atoms with Crippen molar-refractivity contribution in [2.24, 2.45) is 0 Å². The Morgan fingerprint density at radius 1 is 0.173 bits per heavy atom. The molecule has 0 fully saturated rings. The fourth-order valence-electron chi connectivity index (χ4n) is 15.8. The number of furan rings is 2. The molecular formula is C100H62N8O2. The van der Waals surface area contributed by atoms with Crippen LogP contribution in [0.2, 0.25) is 0 Å². The summed E-state index contributed by atoms with van der Waals surface area (Å²) < 4.78 is 17.1. The number of benzene rings is 16. The predicted octanol–water partition coefficient (Wildman–Crippen LogP) is 25.9. The maximum absolute atomic E-state index is 6.25. The van der Waals surface area contributed by atoms with E-state index in [1.165, 1.54) is 27.1 Å². The second kappa shape index (κ2) is 26.5. The van der Waals surface area contributed by atoms with E-state index in [2.05, 4.69) is 264 Å². The summed E-state index contributed by atoms with van der Waals surface area (Å²) in [6.45, 7) is 0. The fraction of sp³-hybridized carbons (Fsp3) is 0. The molecule has 6 heterocycles. The number of rotatable bonds is 11. The van der Waals surface area contributed by atoms with Gasteiger partial charge >= 0.3 is 0 Å². The average Bonchev–Trinajstić information content (AvgIpc) is 1.63. The third-order valence-corrected chi connectivity index (χ3v) is 21.1. The lowest BCUT2D eigenvalue weighted by Gasteiger charge is -2.15. The van der Waals surface area contributed by atoms with Crippen molar-refractivity contribution in [3.63, 3.8) is 0 Å². The van der Waals surface area contributed by atoms with E-state index in [-0.39, 0.29) is 0 Å². The number of fused-ring (bicyclic) bond motifs is 13. The Balaban J connectivity index is 0.000000140. The highest BCUT2D eigenvalue weighted by molar-refractivity contribution is 6.14. The van der Waals surface area contributed by atoms with Gasteiger partial charge in [0.1, 0.15) is 22.3 Å². The quantitative estimate of drug-likeness (QED) is 0.126. The van der Waals surface area contributed by atoms with E-state index in [0.717, 1.165) is 149 Å². The van der Waals surface area contributed by atoms with Crippen LogP contribution >= 0.6 is 0 Å². The number of hydrogen-bond acceptors (Lipinski definition) is 8. The summed E-state index contributed by atoms with van der Waals surface area (Å²) in [6, 6.07) is 131. The third-order valence-electron chi connectivity index (χ3n) is 21.1. The Morgan fingerprint density at radius 3 is 1.11 bits per heavy atom. The molecule has 0 saturated heterocycles. The van der Waals surface area contributed by atoms with Gasteiger partial charge in [0.2, 0.25) is 0 Å². The molecule has 0 N–H and O–H groups in total. The van der Waals surface area contributed by atoms with E-state index in [1.54, 1.807) is 0 Å². The van der Waals surface area contributed by atoms with Crippen LogP contribution in [0.15, 0.2) is 385 Å². The smallest absolute Gasteiger partial charge is 0.164 e. The molecule has 10 heteroatoms. The van der Waals surface area contributed by atoms with Gasteiger partial charge in [-0.1, -0.05) is 279 Å². The lowest BCUT2D eigenvalue weighted by Crippen LogP contribution is -2.01. The van der Waals surface area contributed by atoms with E-state index >= 15 is 0 Å². The van der Waals surface area contributed by atoms with Gasteiger partial charge in [-0.2, -0.15) is 0 Å². The molecule has 0 aliphatic heterocycles. The van der Waals surface area contributed by atoms with Crippen molar-refractivity contribution in [1.29, 1.82) is 0 Å². The minimum atomic E-state index is 0.617. The minimum Gasteiger partial charge on any atom is -0.456 e. The summed E-state index contributed by atoms with van der Waals surface area (Å²) in [4.78, 5) is 30.2. The molecule has 0 bridgehead atoms. The lowest BCUT2D eigenvalue weighted by molar-refractivity contribution is 0.668. The van der Waals surface area contributed by atoms with Crippen molar-refractivity contribution < 1.29 is 8.83 Å². The van der Waals surface area contributed by atoms with Gasteiger partial charge in [-0.25, -0.2) is 29.9 Å². The van der Waals surface area contributed by atoms with E-state index in [1.807, 2.05) is 121 Å². The van der Waals surface area contributed by atoms with Gasteiger partial charge in [0.05, 0.1) is 27.8 Å². The fourth-order valence-corrected chi connectivity index (χ4v) is 15.8. The molecule has 22 rings (SSSR count). The lowest BCUT2D eigenvalue weighted by atomic mass is 10.0. The molecule has 514 valence electrons. The third kappa shape index (κ3) is 11.2. The summed E-state index contributed by atoms with van der Waals surface area (Å²) in [5.74, 6) is 3.81. The van der Waals surface area contributed by atoms with Crippen molar-refractivity contribution >= 4 is 98.3 Å². The first-order valence-corrected chi connectivity index (χ1v) is 36.9. The second-order valence-electron chi connectivity index (χ2n) is 27.7. The Kier molecular flexibility index (Phi) is 15.3. The Bertz CT molecular complexity index is 7270. The molecule has 110 heavy (non-hydrogen) atoms. The maximum Gasteiger partial charge on any atom is 0.164 e. The number of nitrogens with zero attached hydrogens (tertiary/aromatic N) is 8. The first kappa shape index (κ1) is 63.5. The predicted molar refractivity (Wildman–Crippen MR) is 449 cm³/mol. The van der Waals surface area contributed by atoms with E-state index in [9.17, 15) is 0 Å². The Morgan fingerprint density at radius 2 is 0.527 bits per heavy atom. The van der Waals surface area contributed by atoms with Gasteiger partial charge in [-0.15, -0.1) is 0 Å². The molecule has 0 radical (unpaired) electrons. The zero-order valence-electron chi connectivity index (χ0n) is 59.2. The largest absolute Gasteiger partial charge is 0.456 e. The minimum absolute atomic E-state index is 0.617. The Hall–Kier alpha value is -15.0. The molecule has 0 spiro atoms. The highest BCUT2D eigenvalue weighted by Crippen LogP contribution is 2.43. The highest BCUT2D eigenvalue weighted by atomic mass is 16.3. The van der Waals surface area contributed by atoms with Crippen molar-refractivity contribution in [3.8, 4) is 113 Å². The maximum atomic E-state index is 6.25. The van der Waals surface area contributed by atoms with E-state index in [4.69, 9.17) is 38.7 Å². The van der Waals surface area contributed by atoms with Gasteiger partial charge in [-0.3, -0.25) is 0 Å². The van der Waals surface area contributed by atoms with Crippen molar-refractivity contribution in [3.05, 3.63) is 376 Å².